The van der Waals surface area contributed by atoms with Gasteiger partial charge in [0.25, 0.3) is 0 Å². The number of hydrogen-bond acceptors (Lipinski definition) is 2. The van der Waals surface area contributed by atoms with Crippen LogP contribution in [0.15, 0.2) is 18.2 Å². The molecule has 0 bridgehead atoms. The molecule has 2 unspecified atom stereocenters. The summed E-state index contributed by atoms with van der Waals surface area (Å²) in [6, 6.07) is 5.29. The first-order valence-electron chi connectivity index (χ1n) is 5.72. The van der Waals surface area contributed by atoms with Gasteiger partial charge in [-0.2, -0.15) is 0 Å². The lowest BCUT2D eigenvalue weighted by atomic mass is 10.1. The molecule has 0 aliphatic heterocycles. The molecule has 0 aliphatic rings. The van der Waals surface area contributed by atoms with E-state index >= 15 is 0 Å². The van der Waals surface area contributed by atoms with E-state index in [9.17, 15) is 4.39 Å². The van der Waals surface area contributed by atoms with Gasteiger partial charge in [0.15, 0.2) is 11.6 Å². The quantitative estimate of drug-likeness (QED) is 0.792. The van der Waals surface area contributed by atoms with Gasteiger partial charge in [-0.05, 0) is 38.0 Å². The Hall–Kier alpha value is -0.800. The van der Waals surface area contributed by atoms with Crippen LogP contribution in [0.1, 0.15) is 25.8 Å². The fourth-order valence-electron chi connectivity index (χ4n) is 1.68. The van der Waals surface area contributed by atoms with Gasteiger partial charge < -0.3 is 10.1 Å². The fourth-order valence-corrected chi connectivity index (χ4v) is 1.95. The van der Waals surface area contributed by atoms with Gasteiger partial charge in [0, 0.05) is 18.0 Å². The molecule has 0 aliphatic carbocycles. The zero-order valence-corrected chi connectivity index (χ0v) is 11.2. The first kappa shape index (κ1) is 14.3. The van der Waals surface area contributed by atoms with Crippen molar-refractivity contribution in [3.05, 3.63) is 29.6 Å². The van der Waals surface area contributed by atoms with E-state index < -0.39 is 0 Å². The van der Waals surface area contributed by atoms with Crippen LogP contribution in [0.5, 0.6) is 5.75 Å². The maximum absolute atomic E-state index is 13.4. The average Bonchev–Trinajstić information content (AvgIpc) is 2.25. The van der Waals surface area contributed by atoms with Crippen LogP contribution in [-0.2, 0) is 6.54 Å². The molecule has 0 aromatic heterocycles. The van der Waals surface area contributed by atoms with Gasteiger partial charge in [-0.1, -0.05) is 6.07 Å². The van der Waals surface area contributed by atoms with Crippen LogP contribution in [0.25, 0.3) is 0 Å². The number of benzene rings is 1. The second kappa shape index (κ2) is 6.82. The lowest BCUT2D eigenvalue weighted by Gasteiger charge is -2.15. The monoisotopic (exact) mass is 259 g/mol. The van der Waals surface area contributed by atoms with Gasteiger partial charge in [0.2, 0.25) is 0 Å². The second-order valence-corrected chi connectivity index (χ2v) is 5.01. The molecule has 0 heterocycles. The number of rotatable bonds is 6. The van der Waals surface area contributed by atoms with Crippen molar-refractivity contribution in [2.45, 2.75) is 38.2 Å². The van der Waals surface area contributed by atoms with Crippen LogP contribution in [0.3, 0.4) is 0 Å². The van der Waals surface area contributed by atoms with Gasteiger partial charge in [-0.15, -0.1) is 11.6 Å². The Morgan fingerprint density at radius 2 is 2.12 bits per heavy atom. The molecule has 1 rings (SSSR count). The minimum atomic E-state index is -0.329. The summed E-state index contributed by atoms with van der Waals surface area (Å²) < 4.78 is 18.3. The van der Waals surface area contributed by atoms with Crippen LogP contribution in [0, 0.1) is 5.82 Å². The van der Waals surface area contributed by atoms with Crippen molar-refractivity contribution >= 4 is 11.6 Å². The van der Waals surface area contributed by atoms with Crippen LogP contribution >= 0.6 is 11.6 Å². The summed E-state index contributed by atoms with van der Waals surface area (Å²) in [4.78, 5) is 0. The van der Waals surface area contributed by atoms with Gasteiger partial charge in [-0.3, -0.25) is 0 Å². The topological polar surface area (TPSA) is 21.3 Å². The lowest BCUT2D eigenvalue weighted by Crippen LogP contribution is -2.27. The molecule has 1 aromatic carbocycles. The Balaban J connectivity index is 2.49. The third-order valence-corrected chi connectivity index (χ3v) is 2.73. The molecule has 2 nitrogen and oxygen atoms in total. The van der Waals surface area contributed by atoms with E-state index in [2.05, 4.69) is 12.2 Å². The first-order valence-corrected chi connectivity index (χ1v) is 6.16. The third-order valence-electron chi connectivity index (χ3n) is 2.55. The molecule has 1 aromatic rings. The van der Waals surface area contributed by atoms with Gasteiger partial charge in [0.05, 0.1) is 7.11 Å². The molecule has 2 atom stereocenters. The molecular weight excluding hydrogens is 241 g/mol. The second-order valence-electron chi connectivity index (χ2n) is 4.27. The Morgan fingerprint density at radius 1 is 1.41 bits per heavy atom. The summed E-state index contributed by atoms with van der Waals surface area (Å²) in [5.74, 6) is -0.0543. The van der Waals surface area contributed by atoms with Crippen molar-refractivity contribution < 1.29 is 9.13 Å². The largest absolute Gasteiger partial charge is 0.494 e. The van der Waals surface area contributed by atoms with E-state index in [-0.39, 0.29) is 16.9 Å². The normalized spacial score (nSPS) is 14.4. The smallest absolute Gasteiger partial charge is 0.165 e. The van der Waals surface area contributed by atoms with Gasteiger partial charge in [0.1, 0.15) is 0 Å². The molecule has 17 heavy (non-hydrogen) atoms. The highest BCUT2D eigenvalue weighted by Gasteiger charge is 2.07. The number of nitrogens with one attached hydrogen (secondary N) is 1. The van der Waals surface area contributed by atoms with Crippen LogP contribution < -0.4 is 10.1 Å². The van der Waals surface area contributed by atoms with Crippen molar-refractivity contribution in [1.29, 1.82) is 0 Å². The number of ether oxygens (including phenoxy) is 1. The zero-order valence-electron chi connectivity index (χ0n) is 10.5. The molecule has 0 saturated carbocycles. The van der Waals surface area contributed by atoms with Crippen molar-refractivity contribution in [2.75, 3.05) is 7.11 Å². The Kier molecular flexibility index (Phi) is 5.72. The molecule has 0 amide bonds. The molecular formula is C13H19ClFNO. The first-order chi connectivity index (χ1) is 8.02. The lowest BCUT2D eigenvalue weighted by molar-refractivity contribution is 0.386. The predicted octanol–water partition coefficient (Wildman–Crippen LogP) is 3.33. The summed E-state index contributed by atoms with van der Waals surface area (Å²) in [6.07, 6.45) is 0.889. The highest BCUT2D eigenvalue weighted by atomic mass is 35.5. The Labute approximate surface area is 107 Å². The average molecular weight is 260 g/mol. The van der Waals surface area contributed by atoms with Crippen LogP contribution in [0.2, 0.25) is 0 Å². The zero-order chi connectivity index (χ0) is 12.8. The standard InChI is InChI=1S/C13H19ClFNO/c1-9(14)6-10(2)16-8-11-4-5-13(17-3)12(15)7-11/h4-5,7,9-10,16H,6,8H2,1-3H3. The Morgan fingerprint density at radius 3 is 2.65 bits per heavy atom. The van der Waals surface area contributed by atoms with Crippen molar-refractivity contribution in [1.82, 2.24) is 5.32 Å². The molecule has 4 heteroatoms. The highest BCUT2D eigenvalue weighted by Crippen LogP contribution is 2.17. The third kappa shape index (κ3) is 4.92. The predicted molar refractivity (Wildman–Crippen MR) is 69.2 cm³/mol. The molecule has 0 radical (unpaired) electrons. The number of halogens is 2. The van der Waals surface area contributed by atoms with Crippen LogP contribution in [0.4, 0.5) is 4.39 Å². The number of hydrogen-bond donors (Lipinski definition) is 1. The SMILES string of the molecule is COc1ccc(CNC(C)CC(C)Cl)cc1F. The maximum atomic E-state index is 13.4. The number of methoxy groups -OCH3 is 1. The van der Waals surface area contributed by atoms with E-state index in [0.29, 0.717) is 12.6 Å². The molecule has 1 N–H and O–H groups in total. The van der Waals surface area contributed by atoms with Crippen molar-refractivity contribution in [2.24, 2.45) is 0 Å². The molecule has 96 valence electrons. The van der Waals surface area contributed by atoms with E-state index in [0.717, 1.165) is 12.0 Å². The van der Waals surface area contributed by atoms with E-state index in [4.69, 9.17) is 16.3 Å². The minimum absolute atomic E-state index is 0.144. The van der Waals surface area contributed by atoms with Gasteiger partial charge >= 0.3 is 0 Å². The molecule has 0 fully saturated rings. The summed E-state index contributed by atoms with van der Waals surface area (Å²) in [6.45, 7) is 4.66. The van der Waals surface area contributed by atoms with E-state index in [1.54, 1.807) is 6.07 Å². The Bertz CT molecular complexity index is 357. The maximum Gasteiger partial charge on any atom is 0.165 e. The van der Waals surface area contributed by atoms with Gasteiger partial charge in [-0.25, -0.2) is 4.39 Å². The van der Waals surface area contributed by atoms with Crippen molar-refractivity contribution in [3.63, 3.8) is 0 Å². The summed E-state index contributed by atoms with van der Waals surface area (Å²) in [7, 11) is 1.46. The highest BCUT2D eigenvalue weighted by molar-refractivity contribution is 6.20. The summed E-state index contributed by atoms with van der Waals surface area (Å²) >= 11 is 5.90. The fraction of sp³-hybridized carbons (Fsp3) is 0.538. The minimum Gasteiger partial charge on any atom is -0.494 e. The molecule has 0 spiro atoms. The number of alkyl halides is 1. The van der Waals surface area contributed by atoms with E-state index in [1.807, 2.05) is 13.0 Å². The van der Waals surface area contributed by atoms with Crippen molar-refractivity contribution in [3.8, 4) is 5.75 Å². The van der Waals surface area contributed by atoms with E-state index in [1.165, 1.54) is 13.2 Å². The van der Waals surface area contributed by atoms with Crippen LogP contribution in [-0.4, -0.2) is 18.5 Å². The summed E-state index contributed by atoms with van der Waals surface area (Å²) in [5.41, 5.74) is 0.900. The molecule has 0 saturated heterocycles. The summed E-state index contributed by atoms with van der Waals surface area (Å²) in [5, 5.41) is 3.45.